The van der Waals surface area contributed by atoms with Gasteiger partial charge in [-0.05, 0) is 55.9 Å². The number of nitrogens with two attached hydrogens (primary N) is 1. The van der Waals surface area contributed by atoms with Crippen LogP contribution in [-0.4, -0.2) is 55.3 Å². The zero-order valence-electron chi connectivity index (χ0n) is 21.3. The minimum absolute atomic E-state index is 0.0926. The summed E-state index contributed by atoms with van der Waals surface area (Å²) >= 11 is 0. The number of hydrogen-bond donors (Lipinski definition) is 4. The molecule has 0 unspecified atom stereocenters. The first-order valence-electron chi connectivity index (χ1n) is 12.2. The van der Waals surface area contributed by atoms with Crippen molar-refractivity contribution in [2.24, 2.45) is 5.73 Å². The van der Waals surface area contributed by atoms with E-state index >= 15 is 0 Å². The van der Waals surface area contributed by atoms with E-state index < -0.39 is 35.6 Å². The van der Waals surface area contributed by atoms with Gasteiger partial charge in [0.15, 0.2) is 0 Å². The van der Waals surface area contributed by atoms with Crippen LogP contribution in [-0.2, 0) is 19.1 Å². The quantitative estimate of drug-likeness (QED) is 0.285. The average molecular weight is 511 g/mol. The van der Waals surface area contributed by atoms with Crippen LogP contribution in [0.5, 0.6) is 0 Å². The van der Waals surface area contributed by atoms with Gasteiger partial charge in [-0.15, -0.1) is 0 Å². The SMILES string of the molecule is CC(C)(C)OC(=O)CNC(=O)[C@H](CCCNC(N)=O)NC(=O)OCC1c2ccccc2-c2ccccc21. The molecular formula is C27H34N4O6. The number of urea groups is 1. The van der Waals surface area contributed by atoms with Crippen LogP contribution < -0.4 is 21.7 Å². The first kappa shape index (κ1) is 27.5. The van der Waals surface area contributed by atoms with Crippen molar-refractivity contribution in [1.82, 2.24) is 16.0 Å². The summed E-state index contributed by atoms with van der Waals surface area (Å²) in [6.07, 6.45) is -0.219. The van der Waals surface area contributed by atoms with E-state index in [9.17, 15) is 19.2 Å². The topological polar surface area (TPSA) is 149 Å². The zero-order chi connectivity index (χ0) is 27.0. The molecule has 198 valence electrons. The predicted molar refractivity (Wildman–Crippen MR) is 138 cm³/mol. The summed E-state index contributed by atoms with van der Waals surface area (Å²) in [4.78, 5) is 48.4. The second-order valence-electron chi connectivity index (χ2n) is 9.76. The van der Waals surface area contributed by atoms with Crippen molar-refractivity contribution in [3.05, 3.63) is 59.7 Å². The number of carbonyl (C=O) groups is 4. The van der Waals surface area contributed by atoms with Crippen molar-refractivity contribution < 1.29 is 28.7 Å². The number of benzene rings is 2. The number of ether oxygens (including phenoxy) is 2. The summed E-state index contributed by atoms with van der Waals surface area (Å²) in [5.74, 6) is -1.30. The fourth-order valence-electron chi connectivity index (χ4n) is 4.23. The number of carbonyl (C=O) groups excluding carboxylic acids is 4. The monoisotopic (exact) mass is 510 g/mol. The van der Waals surface area contributed by atoms with E-state index in [1.165, 1.54) is 0 Å². The predicted octanol–water partition coefficient (Wildman–Crippen LogP) is 2.80. The summed E-state index contributed by atoms with van der Waals surface area (Å²) in [5.41, 5.74) is 8.73. The summed E-state index contributed by atoms with van der Waals surface area (Å²) in [5, 5.41) is 7.51. The van der Waals surface area contributed by atoms with Gasteiger partial charge in [0, 0.05) is 12.5 Å². The van der Waals surface area contributed by atoms with E-state index in [1.54, 1.807) is 20.8 Å². The van der Waals surface area contributed by atoms with Gasteiger partial charge in [-0.25, -0.2) is 9.59 Å². The second-order valence-corrected chi connectivity index (χ2v) is 9.76. The van der Waals surface area contributed by atoms with Crippen molar-refractivity contribution in [2.45, 2.75) is 51.2 Å². The molecule has 10 heteroatoms. The number of primary amides is 1. The molecule has 3 rings (SSSR count). The molecule has 0 aromatic heterocycles. The van der Waals surface area contributed by atoms with Crippen molar-refractivity contribution in [2.75, 3.05) is 19.7 Å². The van der Waals surface area contributed by atoms with Gasteiger partial charge in [-0.2, -0.15) is 0 Å². The highest BCUT2D eigenvalue weighted by Gasteiger charge is 2.30. The lowest BCUT2D eigenvalue weighted by Crippen LogP contribution is -2.49. The van der Waals surface area contributed by atoms with Crippen molar-refractivity contribution >= 4 is 24.0 Å². The Labute approximate surface area is 216 Å². The highest BCUT2D eigenvalue weighted by atomic mass is 16.6. The van der Waals surface area contributed by atoms with Crippen LogP contribution in [0.4, 0.5) is 9.59 Å². The van der Waals surface area contributed by atoms with Crippen LogP contribution in [0.25, 0.3) is 11.1 Å². The summed E-state index contributed by atoms with van der Waals surface area (Å²) < 4.78 is 10.7. The van der Waals surface area contributed by atoms with E-state index in [1.807, 2.05) is 48.5 Å². The lowest BCUT2D eigenvalue weighted by Gasteiger charge is -2.21. The highest BCUT2D eigenvalue weighted by molar-refractivity contribution is 5.88. The van der Waals surface area contributed by atoms with Crippen LogP contribution in [0.2, 0.25) is 0 Å². The minimum atomic E-state index is -0.993. The number of hydrogen-bond acceptors (Lipinski definition) is 6. The molecule has 0 heterocycles. The van der Waals surface area contributed by atoms with Crippen LogP contribution >= 0.6 is 0 Å². The van der Waals surface area contributed by atoms with Crippen LogP contribution in [0.15, 0.2) is 48.5 Å². The van der Waals surface area contributed by atoms with Crippen molar-refractivity contribution in [3.63, 3.8) is 0 Å². The van der Waals surface area contributed by atoms with E-state index in [2.05, 4.69) is 16.0 Å². The molecule has 0 saturated carbocycles. The Morgan fingerprint density at radius 2 is 1.54 bits per heavy atom. The molecule has 10 nitrogen and oxygen atoms in total. The normalized spacial score (nSPS) is 13.1. The fourth-order valence-corrected chi connectivity index (χ4v) is 4.23. The van der Waals surface area contributed by atoms with Gasteiger partial charge < -0.3 is 31.2 Å². The van der Waals surface area contributed by atoms with Gasteiger partial charge in [0.1, 0.15) is 24.8 Å². The first-order chi connectivity index (χ1) is 17.5. The summed E-state index contributed by atoms with van der Waals surface area (Å²) in [6.45, 7) is 5.13. The molecule has 0 saturated heterocycles. The Morgan fingerprint density at radius 3 is 2.11 bits per heavy atom. The number of esters is 1. The molecule has 1 atom stereocenters. The van der Waals surface area contributed by atoms with Crippen molar-refractivity contribution in [1.29, 1.82) is 0 Å². The fraction of sp³-hybridized carbons (Fsp3) is 0.407. The molecule has 0 fully saturated rings. The van der Waals surface area contributed by atoms with Gasteiger partial charge >= 0.3 is 18.1 Å². The third-order valence-corrected chi connectivity index (χ3v) is 5.75. The van der Waals surface area contributed by atoms with Crippen molar-refractivity contribution in [3.8, 4) is 11.1 Å². The largest absolute Gasteiger partial charge is 0.459 e. The summed E-state index contributed by atoms with van der Waals surface area (Å²) in [6, 6.07) is 14.3. The zero-order valence-corrected chi connectivity index (χ0v) is 21.3. The Morgan fingerprint density at radius 1 is 0.946 bits per heavy atom. The summed E-state index contributed by atoms with van der Waals surface area (Å²) in [7, 11) is 0. The van der Waals surface area contributed by atoms with Crippen LogP contribution in [0.1, 0.15) is 50.7 Å². The molecule has 2 aromatic carbocycles. The molecule has 0 radical (unpaired) electrons. The van der Waals surface area contributed by atoms with E-state index in [-0.39, 0.29) is 32.0 Å². The smallest absolute Gasteiger partial charge is 0.407 e. The number of fused-ring (bicyclic) bond motifs is 3. The van der Waals surface area contributed by atoms with Crippen LogP contribution in [0, 0.1) is 0 Å². The molecule has 37 heavy (non-hydrogen) atoms. The lowest BCUT2D eigenvalue weighted by molar-refractivity contribution is -0.154. The maximum atomic E-state index is 12.8. The molecule has 0 aliphatic heterocycles. The Bertz CT molecular complexity index is 1100. The minimum Gasteiger partial charge on any atom is -0.459 e. The molecule has 0 spiro atoms. The Balaban J connectivity index is 1.60. The second kappa shape index (κ2) is 12.2. The van der Waals surface area contributed by atoms with Gasteiger partial charge in [0.05, 0.1) is 0 Å². The molecule has 0 bridgehead atoms. The third kappa shape index (κ3) is 7.96. The standard InChI is InChI=1S/C27H34N4O6/c1-27(2,3)37-23(32)15-30-24(33)22(13-8-14-29-25(28)34)31-26(35)36-16-21-19-11-6-4-9-17(19)18-10-5-7-12-20(18)21/h4-7,9-12,21-22H,8,13-16H2,1-3H3,(H,30,33)(H,31,35)(H3,28,29,34)/t22-/m0/s1. The van der Waals surface area contributed by atoms with Gasteiger partial charge in [0.2, 0.25) is 5.91 Å². The molecular weight excluding hydrogens is 476 g/mol. The molecule has 1 aliphatic carbocycles. The van der Waals surface area contributed by atoms with Crippen LogP contribution in [0.3, 0.4) is 0 Å². The number of alkyl carbamates (subject to hydrolysis) is 1. The maximum Gasteiger partial charge on any atom is 0.407 e. The molecule has 5 N–H and O–H groups in total. The van der Waals surface area contributed by atoms with E-state index in [0.29, 0.717) is 6.42 Å². The molecule has 2 aromatic rings. The lowest BCUT2D eigenvalue weighted by atomic mass is 9.98. The molecule has 1 aliphatic rings. The van der Waals surface area contributed by atoms with Gasteiger partial charge in [0.25, 0.3) is 0 Å². The Hall–Kier alpha value is -4.08. The maximum absolute atomic E-state index is 12.8. The third-order valence-electron chi connectivity index (χ3n) is 5.75. The average Bonchev–Trinajstić information content (AvgIpc) is 3.15. The highest BCUT2D eigenvalue weighted by Crippen LogP contribution is 2.44. The number of nitrogens with one attached hydrogen (secondary N) is 3. The number of rotatable bonds is 10. The number of amides is 4. The van der Waals surface area contributed by atoms with E-state index in [4.69, 9.17) is 15.2 Å². The molecule has 4 amide bonds. The Kier molecular flexibility index (Phi) is 9.10. The van der Waals surface area contributed by atoms with Gasteiger partial charge in [-0.1, -0.05) is 48.5 Å². The van der Waals surface area contributed by atoms with Gasteiger partial charge in [-0.3, -0.25) is 9.59 Å². The first-order valence-corrected chi connectivity index (χ1v) is 12.2. The van der Waals surface area contributed by atoms with E-state index in [0.717, 1.165) is 22.3 Å².